The molecule has 116 valence electrons. The molecule has 2 fully saturated rings. The molecular weight excluding hydrogens is 250 g/mol. The number of nitrogens with zero attached hydrogens (tertiary/aromatic N) is 1. The molecule has 1 aliphatic carbocycles. The molecule has 0 radical (unpaired) electrons. The Morgan fingerprint density at radius 2 is 1.75 bits per heavy atom. The number of unbranched alkanes of at least 4 members (excludes halogenated alkanes) is 1. The van der Waals surface area contributed by atoms with E-state index in [1.54, 1.807) is 0 Å². The highest BCUT2D eigenvalue weighted by atomic mass is 16.2. The van der Waals surface area contributed by atoms with Gasteiger partial charge in [-0.1, -0.05) is 32.6 Å². The third-order valence-electron chi connectivity index (χ3n) is 4.71. The third-order valence-corrected chi connectivity index (χ3v) is 4.71. The highest BCUT2D eigenvalue weighted by Gasteiger charge is 2.32. The minimum absolute atomic E-state index is 0.192. The molecule has 2 rings (SSSR count). The van der Waals surface area contributed by atoms with Gasteiger partial charge < -0.3 is 15.5 Å². The monoisotopic (exact) mass is 281 g/mol. The molecule has 0 bridgehead atoms. The van der Waals surface area contributed by atoms with E-state index in [4.69, 9.17) is 0 Å². The molecule has 0 aromatic heterocycles. The van der Waals surface area contributed by atoms with Crippen molar-refractivity contribution in [3.8, 4) is 0 Å². The van der Waals surface area contributed by atoms with Crippen molar-refractivity contribution >= 4 is 6.03 Å². The van der Waals surface area contributed by atoms with Crippen LogP contribution in [0.5, 0.6) is 0 Å². The average molecular weight is 281 g/mol. The molecule has 0 unspecified atom stereocenters. The smallest absolute Gasteiger partial charge is 0.317 e. The number of carbonyl (C=O) groups is 1. The predicted octanol–water partition coefficient (Wildman–Crippen LogP) is 2.88. The van der Waals surface area contributed by atoms with Crippen LogP contribution in [0.15, 0.2) is 0 Å². The fourth-order valence-corrected chi connectivity index (χ4v) is 3.54. The van der Waals surface area contributed by atoms with Crippen LogP contribution in [0.25, 0.3) is 0 Å². The molecule has 2 aliphatic rings. The van der Waals surface area contributed by atoms with E-state index in [1.807, 2.05) is 0 Å². The van der Waals surface area contributed by atoms with E-state index in [0.717, 1.165) is 45.3 Å². The molecule has 0 aromatic carbocycles. The lowest BCUT2D eigenvalue weighted by Crippen LogP contribution is -2.55. The van der Waals surface area contributed by atoms with Crippen molar-refractivity contribution in [2.24, 2.45) is 0 Å². The zero-order chi connectivity index (χ0) is 14.2. The van der Waals surface area contributed by atoms with Gasteiger partial charge in [0.15, 0.2) is 0 Å². The maximum Gasteiger partial charge on any atom is 0.317 e. The second-order valence-electron chi connectivity index (χ2n) is 6.27. The fourth-order valence-electron chi connectivity index (χ4n) is 3.54. The molecule has 1 heterocycles. The van der Waals surface area contributed by atoms with Gasteiger partial charge in [-0.15, -0.1) is 0 Å². The Labute approximate surface area is 123 Å². The zero-order valence-electron chi connectivity index (χ0n) is 13.0. The van der Waals surface area contributed by atoms with E-state index in [0.29, 0.717) is 12.1 Å². The molecule has 2 N–H and O–H groups in total. The lowest BCUT2D eigenvalue weighted by Gasteiger charge is -2.41. The van der Waals surface area contributed by atoms with Crippen molar-refractivity contribution in [1.29, 1.82) is 0 Å². The van der Waals surface area contributed by atoms with Crippen molar-refractivity contribution in [3.05, 3.63) is 0 Å². The van der Waals surface area contributed by atoms with Crippen molar-refractivity contribution < 1.29 is 4.79 Å². The summed E-state index contributed by atoms with van der Waals surface area (Å²) >= 11 is 0. The van der Waals surface area contributed by atoms with Gasteiger partial charge in [-0.05, 0) is 45.2 Å². The number of rotatable bonds is 5. The van der Waals surface area contributed by atoms with Crippen LogP contribution in [0.4, 0.5) is 4.79 Å². The van der Waals surface area contributed by atoms with Crippen LogP contribution in [0, 0.1) is 0 Å². The number of piperidine rings is 1. The minimum Gasteiger partial charge on any atom is -0.338 e. The summed E-state index contributed by atoms with van der Waals surface area (Å²) in [4.78, 5) is 14.8. The number of urea groups is 1. The molecule has 1 aliphatic heterocycles. The topological polar surface area (TPSA) is 44.4 Å². The zero-order valence-corrected chi connectivity index (χ0v) is 13.0. The van der Waals surface area contributed by atoms with Crippen molar-refractivity contribution in [2.45, 2.75) is 76.8 Å². The summed E-state index contributed by atoms with van der Waals surface area (Å²) in [7, 11) is 0. The van der Waals surface area contributed by atoms with E-state index in [9.17, 15) is 4.79 Å². The second kappa shape index (κ2) is 8.50. The van der Waals surface area contributed by atoms with Crippen molar-refractivity contribution in [3.63, 3.8) is 0 Å². The minimum atomic E-state index is 0.192. The van der Waals surface area contributed by atoms with Crippen LogP contribution in [-0.2, 0) is 0 Å². The molecule has 1 saturated carbocycles. The van der Waals surface area contributed by atoms with Gasteiger partial charge >= 0.3 is 6.03 Å². The molecular formula is C16H31N3O. The average Bonchev–Trinajstić information content (AvgIpc) is 2.50. The first-order valence-corrected chi connectivity index (χ1v) is 8.59. The summed E-state index contributed by atoms with van der Waals surface area (Å²) in [5, 5.41) is 6.55. The first kappa shape index (κ1) is 15.6. The Bertz CT molecular complexity index is 265. The van der Waals surface area contributed by atoms with Gasteiger partial charge in [0.25, 0.3) is 0 Å². The van der Waals surface area contributed by atoms with Crippen LogP contribution in [0.1, 0.15) is 64.7 Å². The van der Waals surface area contributed by atoms with Crippen LogP contribution < -0.4 is 10.6 Å². The number of carbonyl (C=O) groups excluding carboxylic acids is 1. The van der Waals surface area contributed by atoms with Gasteiger partial charge in [-0.25, -0.2) is 4.79 Å². The predicted molar refractivity (Wildman–Crippen MR) is 82.9 cm³/mol. The summed E-state index contributed by atoms with van der Waals surface area (Å²) in [5.74, 6) is 0. The first-order chi connectivity index (χ1) is 9.83. The third kappa shape index (κ3) is 4.37. The molecule has 1 saturated heterocycles. The van der Waals surface area contributed by atoms with Crippen LogP contribution in [0.3, 0.4) is 0 Å². The van der Waals surface area contributed by atoms with Gasteiger partial charge in [0, 0.05) is 18.6 Å². The summed E-state index contributed by atoms with van der Waals surface area (Å²) < 4.78 is 0. The summed E-state index contributed by atoms with van der Waals surface area (Å²) in [6.07, 6.45) is 10.7. The Morgan fingerprint density at radius 1 is 1.10 bits per heavy atom. The fraction of sp³-hybridized carbons (Fsp3) is 0.938. The maximum atomic E-state index is 12.6. The quantitative estimate of drug-likeness (QED) is 0.761. The molecule has 2 amide bonds. The molecule has 20 heavy (non-hydrogen) atoms. The molecule has 0 spiro atoms. The van der Waals surface area contributed by atoms with Crippen molar-refractivity contribution in [1.82, 2.24) is 15.5 Å². The Kier molecular flexibility index (Phi) is 6.64. The highest BCUT2D eigenvalue weighted by molar-refractivity contribution is 5.75. The first-order valence-electron chi connectivity index (χ1n) is 8.59. The normalized spacial score (nSPS) is 21.6. The van der Waals surface area contributed by atoms with Gasteiger partial charge in [0.2, 0.25) is 0 Å². The number of hydrogen-bond donors (Lipinski definition) is 2. The number of hydrogen-bond acceptors (Lipinski definition) is 2. The Balaban J connectivity index is 1.95. The van der Waals surface area contributed by atoms with E-state index in [1.165, 1.54) is 32.1 Å². The lowest BCUT2D eigenvalue weighted by molar-refractivity contribution is 0.108. The van der Waals surface area contributed by atoms with Crippen LogP contribution in [-0.4, -0.2) is 42.6 Å². The molecule has 4 heteroatoms. The van der Waals surface area contributed by atoms with Crippen LogP contribution >= 0.6 is 0 Å². The van der Waals surface area contributed by atoms with Gasteiger partial charge in [0.1, 0.15) is 0 Å². The second-order valence-corrected chi connectivity index (χ2v) is 6.27. The summed E-state index contributed by atoms with van der Waals surface area (Å²) in [6, 6.07) is 1.12. The highest BCUT2D eigenvalue weighted by Crippen LogP contribution is 2.26. The van der Waals surface area contributed by atoms with E-state index >= 15 is 0 Å². The van der Waals surface area contributed by atoms with Gasteiger partial charge in [0.05, 0.1) is 0 Å². The van der Waals surface area contributed by atoms with E-state index in [2.05, 4.69) is 22.5 Å². The summed E-state index contributed by atoms with van der Waals surface area (Å²) in [6.45, 7) is 5.09. The largest absolute Gasteiger partial charge is 0.338 e. The summed E-state index contributed by atoms with van der Waals surface area (Å²) in [5.41, 5.74) is 0. The van der Waals surface area contributed by atoms with E-state index in [-0.39, 0.29) is 6.03 Å². The lowest BCUT2D eigenvalue weighted by atomic mass is 9.91. The Hall–Kier alpha value is -0.770. The van der Waals surface area contributed by atoms with E-state index < -0.39 is 0 Å². The van der Waals surface area contributed by atoms with Crippen LogP contribution in [0.2, 0.25) is 0 Å². The standard InChI is InChI=1S/C16H31N3O/c1-2-3-11-18-16(20)19(14-7-5-4-6-8-14)15-9-12-17-13-10-15/h14-15,17H,2-13H2,1H3,(H,18,20). The number of nitrogens with one attached hydrogen (secondary N) is 2. The van der Waals surface area contributed by atoms with Gasteiger partial charge in [-0.3, -0.25) is 0 Å². The molecule has 4 nitrogen and oxygen atoms in total. The number of amides is 2. The SMILES string of the molecule is CCCCNC(=O)N(C1CCCCC1)C1CCNCC1. The van der Waals surface area contributed by atoms with Crippen molar-refractivity contribution in [2.75, 3.05) is 19.6 Å². The maximum absolute atomic E-state index is 12.6. The molecule has 0 aromatic rings. The molecule has 0 atom stereocenters. The van der Waals surface area contributed by atoms with Gasteiger partial charge in [-0.2, -0.15) is 0 Å². The Morgan fingerprint density at radius 3 is 2.40 bits per heavy atom.